The third-order valence-electron chi connectivity index (χ3n) is 2.59. The van der Waals surface area contributed by atoms with E-state index in [0.29, 0.717) is 0 Å². The fourth-order valence-corrected chi connectivity index (χ4v) is 1.80. The maximum atomic E-state index is 11.5. The molecule has 1 heterocycles. The Morgan fingerprint density at radius 3 is 2.58 bits per heavy atom. The van der Waals surface area contributed by atoms with Gasteiger partial charge in [-0.3, -0.25) is 4.79 Å². The van der Waals surface area contributed by atoms with Gasteiger partial charge in [-0.15, -0.1) is 0 Å². The minimum Gasteiger partial charge on any atom is -0.368 e. The molecule has 1 aliphatic heterocycles. The predicted molar refractivity (Wildman–Crippen MR) is 81.0 cm³/mol. The lowest BCUT2D eigenvalue weighted by atomic mass is 10.2. The summed E-state index contributed by atoms with van der Waals surface area (Å²) in [5.41, 5.74) is 1.19. The number of nitrogens with one attached hydrogen (secondary N) is 2. The molecule has 4 nitrogen and oxygen atoms in total. The number of nitrogens with zero attached hydrogens (tertiary/aromatic N) is 1. The summed E-state index contributed by atoms with van der Waals surface area (Å²) in [4.78, 5) is 13.6. The first kappa shape index (κ1) is 17.0. The Labute approximate surface area is 116 Å². The Hall–Kier alpha value is -1.97. The fourth-order valence-electron chi connectivity index (χ4n) is 1.80. The first-order valence-corrected chi connectivity index (χ1v) is 6.59. The van der Waals surface area contributed by atoms with E-state index in [4.69, 9.17) is 0 Å². The molecule has 0 aliphatic carbocycles. The Kier molecular flexibility index (Phi) is 8.96. The van der Waals surface area contributed by atoms with E-state index < -0.39 is 0 Å². The molecule has 4 heteroatoms. The molecule has 1 rings (SSSR count). The second kappa shape index (κ2) is 10.00. The van der Waals surface area contributed by atoms with Crippen molar-refractivity contribution in [3.05, 3.63) is 49.6 Å². The fraction of sp³-hybridized carbons (Fsp3) is 0.400. The molecule has 2 N–H and O–H groups in total. The van der Waals surface area contributed by atoms with E-state index in [1.807, 2.05) is 26.8 Å². The molecule has 1 atom stereocenters. The number of carbonyl (C=O) groups is 1. The van der Waals surface area contributed by atoms with E-state index in [0.717, 1.165) is 13.0 Å². The van der Waals surface area contributed by atoms with E-state index in [2.05, 4.69) is 28.7 Å². The zero-order valence-electron chi connectivity index (χ0n) is 12.1. The summed E-state index contributed by atoms with van der Waals surface area (Å²) in [6.07, 6.45) is 9.19. The third kappa shape index (κ3) is 5.95. The van der Waals surface area contributed by atoms with Gasteiger partial charge in [-0.1, -0.05) is 33.1 Å². The maximum Gasteiger partial charge on any atom is 0.245 e. The number of rotatable bonds is 5. The standard InChI is InChI=1S/C13H19N3O.C2H6/c1-4-12-9-11(10-16(12)6-3)15-13(17)7-8-14-5-2;1-2/h4-8,11,14H,2-3,9-10H2,1H3,(H,15,17);1-2H3/b8-7-,12-4-;. The van der Waals surface area contributed by atoms with Crippen molar-refractivity contribution in [2.75, 3.05) is 6.54 Å². The number of allylic oxidation sites excluding steroid dienone is 1. The molecule has 1 fully saturated rings. The largest absolute Gasteiger partial charge is 0.368 e. The van der Waals surface area contributed by atoms with Crippen LogP contribution in [0.2, 0.25) is 0 Å². The predicted octanol–water partition coefficient (Wildman–Crippen LogP) is 2.50. The van der Waals surface area contributed by atoms with Gasteiger partial charge in [0, 0.05) is 30.9 Å². The van der Waals surface area contributed by atoms with Crippen molar-refractivity contribution < 1.29 is 4.79 Å². The van der Waals surface area contributed by atoms with Crippen molar-refractivity contribution in [1.29, 1.82) is 0 Å². The highest BCUT2D eigenvalue weighted by Gasteiger charge is 2.24. The first-order valence-electron chi connectivity index (χ1n) is 6.59. The molecule has 0 saturated carbocycles. The number of amides is 1. The van der Waals surface area contributed by atoms with Gasteiger partial charge in [-0.25, -0.2) is 0 Å². The van der Waals surface area contributed by atoms with E-state index in [9.17, 15) is 4.79 Å². The summed E-state index contributed by atoms with van der Waals surface area (Å²) in [6.45, 7) is 14.0. The molecule has 0 spiro atoms. The summed E-state index contributed by atoms with van der Waals surface area (Å²) in [6, 6.07) is 0.139. The van der Waals surface area contributed by atoms with E-state index in [-0.39, 0.29) is 11.9 Å². The third-order valence-corrected chi connectivity index (χ3v) is 2.59. The summed E-state index contributed by atoms with van der Waals surface area (Å²) in [5.74, 6) is -0.106. The van der Waals surface area contributed by atoms with Crippen LogP contribution in [0.3, 0.4) is 0 Å². The Morgan fingerprint density at radius 2 is 2.11 bits per heavy atom. The number of likely N-dealkylation sites (tertiary alicyclic amines) is 1. The van der Waals surface area contributed by atoms with Gasteiger partial charge in [-0.05, 0) is 19.3 Å². The van der Waals surface area contributed by atoms with Crippen molar-refractivity contribution in [3.8, 4) is 0 Å². The zero-order chi connectivity index (χ0) is 14.7. The molecule has 19 heavy (non-hydrogen) atoms. The zero-order valence-corrected chi connectivity index (χ0v) is 12.1. The molecule has 1 aliphatic rings. The van der Waals surface area contributed by atoms with Crippen molar-refractivity contribution in [2.24, 2.45) is 0 Å². The molecule has 0 bridgehead atoms. The Bertz CT molecular complexity index is 358. The molecule has 0 aromatic carbocycles. The SMILES string of the molecule is C=CN/C=C\C(=O)NC1C/C(=C/C)N(C=C)C1.CC. The van der Waals surface area contributed by atoms with Gasteiger partial charge in [0.1, 0.15) is 0 Å². The Morgan fingerprint density at radius 1 is 1.42 bits per heavy atom. The van der Waals surface area contributed by atoms with Crippen LogP contribution in [0.5, 0.6) is 0 Å². The lowest BCUT2D eigenvalue weighted by Crippen LogP contribution is -2.35. The Balaban J connectivity index is 0.00000154. The molecular weight excluding hydrogens is 238 g/mol. The van der Waals surface area contributed by atoms with Gasteiger partial charge in [-0.2, -0.15) is 0 Å². The second-order valence-electron chi connectivity index (χ2n) is 3.73. The molecule has 0 radical (unpaired) electrons. The van der Waals surface area contributed by atoms with Crippen LogP contribution in [0.4, 0.5) is 0 Å². The lowest BCUT2D eigenvalue weighted by molar-refractivity contribution is -0.117. The van der Waals surface area contributed by atoms with Gasteiger partial charge in [0.15, 0.2) is 0 Å². The summed E-state index contributed by atoms with van der Waals surface area (Å²) < 4.78 is 0. The quantitative estimate of drug-likeness (QED) is 0.749. The average Bonchev–Trinajstić information content (AvgIpc) is 2.83. The van der Waals surface area contributed by atoms with Gasteiger partial charge >= 0.3 is 0 Å². The molecule has 1 saturated heterocycles. The van der Waals surface area contributed by atoms with Crippen LogP contribution in [0.25, 0.3) is 0 Å². The van der Waals surface area contributed by atoms with Crippen LogP contribution in [-0.2, 0) is 4.79 Å². The van der Waals surface area contributed by atoms with Gasteiger partial charge in [0.2, 0.25) is 5.91 Å². The highest BCUT2D eigenvalue weighted by molar-refractivity contribution is 5.87. The van der Waals surface area contributed by atoms with Gasteiger partial charge in [0.05, 0.1) is 6.04 Å². The van der Waals surface area contributed by atoms with Gasteiger partial charge < -0.3 is 15.5 Å². The van der Waals surface area contributed by atoms with Crippen molar-refractivity contribution in [3.63, 3.8) is 0 Å². The van der Waals surface area contributed by atoms with Crippen molar-refractivity contribution in [1.82, 2.24) is 15.5 Å². The maximum absolute atomic E-state index is 11.5. The number of hydrogen-bond acceptors (Lipinski definition) is 3. The monoisotopic (exact) mass is 263 g/mol. The molecule has 1 unspecified atom stereocenters. The van der Waals surface area contributed by atoms with Crippen LogP contribution < -0.4 is 10.6 Å². The molecular formula is C15H25N3O. The molecule has 106 valence electrons. The van der Waals surface area contributed by atoms with Crippen molar-refractivity contribution in [2.45, 2.75) is 33.2 Å². The minimum absolute atomic E-state index is 0.106. The normalized spacial score (nSPS) is 19.8. The number of hydrogen-bond donors (Lipinski definition) is 2. The van der Waals surface area contributed by atoms with Crippen LogP contribution in [0.1, 0.15) is 27.2 Å². The van der Waals surface area contributed by atoms with Gasteiger partial charge in [0.25, 0.3) is 0 Å². The molecule has 0 aromatic rings. The van der Waals surface area contributed by atoms with Crippen LogP contribution in [0, 0.1) is 0 Å². The number of carbonyl (C=O) groups excluding carboxylic acids is 1. The highest BCUT2D eigenvalue weighted by atomic mass is 16.1. The average molecular weight is 263 g/mol. The van der Waals surface area contributed by atoms with E-state index >= 15 is 0 Å². The second-order valence-corrected chi connectivity index (χ2v) is 3.73. The summed E-state index contributed by atoms with van der Waals surface area (Å²) in [5, 5.41) is 5.66. The minimum atomic E-state index is -0.106. The van der Waals surface area contributed by atoms with Crippen molar-refractivity contribution >= 4 is 5.91 Å². The lowest BCUT2D eigenvalue weighted by Gasteiger charge is -2.13. The first-order chi connectivity index (χ1) is 9.21. The molecule has 0 aromatic heterocycles. The van der Waals surface area contributed by atoms with E-state index in [1.54, 1.807) is 12.4 Å². The smallest absolute Gasteiger partial charge is 0.245 e. The summed E-state index contributed by atoms with van der Waals surface area (Å²) in [7, 11) is 0. The van der Waals surface area contributed by atoms with Crippen LogP contribution in [0.15, 0.2) is 49.6 Å². The highest BCUT2D eigenvalue weighted by Crippen LogP contribution is 2.21. The molecule has 1 amide bonds. The van der Waals surface area contributed by atoms with E-state index in [1.165, 1.54) is 18.0 Å². The van der Waals surface area contributed by atoms with Crippen LogP contribution in [-0.4, -0.2) is 23.4 Å². The van der Waals surface area contributed by atoms with Crippen LogP contribution >= 0.6 is 0 Å². The topological polar surface area (TPSA) is 44.4 Å². The summed E-state index contributed by atoms with van der Waals surface area (Å²) >= 11 is 0.